The summed E-state index contributed by atoms with van der Waals surface area (Å²) >= 11 is 0. The van der Waals surface area contributed by atoms with Gasteiger partial charge in [-0.15, -0.1) is 0 Å². The highest BCUT2D eigenvalue weighted by atomic mass is 16.5. The lowest BCUT2D eigenvalue weighted by molar-refractivity contribution is -0.127. The summed E-state index contributed by atoms with van der Waals surface area (Å²) in [6.07, 6.45) is 7.37. The zero-order valence-corrected chi connectivity index (χ0v) is 13.0. The fourth-order valence-electron chi connectivity index (χ4n) is 2.84. The number of methoxy groups -OCH3 is 1. The molecular weight excluding hydrogens is 268 g/mol. The normalized spacial score (nSPS) is 25.8. The van der Waals surface area contributed by atoms with Crippen LogP contribution in [0.1, 0.15) is 32.6 Å². The molecule has 1 aliphatic rings. The molecule has 0 aliphatic heterocycles. The van der Waals surface area contributed by atoms with Crippen molar-refractivity contribution in [2.75, 3.05) is 25.6 Å². The molecule has 0 atom stereocenters. The molecule has 0 bridgehead atoms. The first kappa shape index (κ1) is 16.0. The van der Waals surface area contributed by atoms with Crippen LogP contribution in [0.25, 0.3) is 0 Å². The van der Waals surface area contributed by atoms with Gasteiger partial charge in [-0.3, -0.25) is 9.48 Å². The number of amides is 1. The highest BCUT2D eigenvalue weighted by Crippen LogP contribution is 2.39. The smallest absolute Gasteiger partial charge is 0.231 e. The number of nitrogens with zero attached hydrogens (tertiary/aromatic N) is 2. The predicted molar refractivity (Wildman–Crippen MR) is 81.9 cm³/mol. The van der Waals surface area contributed by atoms with Crippen LogP contribution < -0.4 is 11.1 Å². The summed E-state index contributed by atoms with van der Waals surface area (Å²) in [5, 5.41) is 7.18. The van der Waals surface area contributed by atoms with Gasteiger partial charge in [0.15, 0.2) is 0 Å². The van der Waals surface area contributed by atoms with Crippen LogP contribution in [0, 0.1) is 11.3 Å². The van der Waals surface area contributed by atoms with Gasteiger partial charge in [-0.05, 0) is 31.6 Å². The van der Waals surface area contributed by atoms with Gasteiger partial charge in [0.05, 0.1) is 30.5 Å². The fraction of sp³-hybridized carbons (Fsp3) is 0.733. The molecule has 0 aromatic carbocycles. The van der Waals surface area contributed by atoms with Gasteiger partial charge in [0.25, 0.3) is 0 Å². The maximum atomic E-state index is 12.6. The molecule has 1 amide bonds. The SMILES string of the molecule is COCCn1cc(NC(=O)C2(CN)CCC(C)CC2)cn1. The third kappa shape index (κ3) is 3.83. The number of ether oxygens (including phenoxy) is 1. The molecule has 21 heavy (non-hydrogen) atoms. The van der Waals surface area contributed by atoms with Crippen molar-refractivity contribution in [3.63, 3.8) is 0 Å². The molecule has 1 aliphatic carbocycles. The molecule has 0 unspecified atom stereocenters. The average molecular weight is 294 g/mol. The van der Waals surface area contributed by atoms with E-state index in [1.54, 1.807) is 18.0 Å². The number of hydrogen-bond donors (Lipinski definition) is 2. The van der Waals surface area contributed by atoms with E-state index in [0.29, 0.717) is 25.6 Å². The first-order valence-electron chi connectivity index (χ1n) is 7.62. The topological polar surface area (TPSA) is 82.2 Å². The van der Waals surface area contributed by atoms with Crippen molar-refractivity contribution >= 4 is 11.6 Å². The quantitative estimate of drug-likeness (QED) is 0.835. The number of aromatic nitrogens is 2. The Morgan fingerprint density at radius 3 is 2.90 bits per heavy atom. The number of rotatable bonds is 6. The van der Waals surface area contributed by atoms with Crippen LogP contribution in [0.15, 0.2) is 12.4 Å². The van der Waals surface area contributed by atoms with Gasteiger partial charge in [0, 0.05) is 19.9 Å². The Labute approximate surface area is 126 Å². The Balaban J connectivity index is 1.97. The van der Waals surface area contributed by atoms with E-state index in [2.05, 4.69) is 17.3 Å². The van der Waals surface area contributed by atoms with Crippen molar-refractivity contribution in [2.45, 2.75) is 39.2 Å². The second-order valence-corrected chi connectivity index (χ2v) is 6.11. The third-order valence-electron chi connectivity index (χ3n) is 4.52. The van der Waals surface area contributed by atoms with E-state index in [1.807, 2.05) is 6.20 Å². The second-order valence-electron chi connectivity index (χ2n) is 6.11. The van der Waals surface area contributed by atoms with Gasteiger partial charge in [-0.25, -0.2) is 0 Å². The van der Waals surface area contributed by atoms with Crippen molar-refractivity contribution < 1.29 is 9.53 Å². The van der Waals surface area contributed by atoms with Crippen LogP contribution in [-0.4, -0.2) is 35.9 Å². The summed E-state index contributed by atoms with van der Waals surface area (Å²) in [4.78, 5) is 12.6. The standard InChI is InChI=1S/C15H26N4O2/c1-12-3-5-15(11-16,6-4-12)14(20)18-13-9-17-19(10-13)7-8-21-2/h9-10,12H,3-8,11,16H2,1-2H3,(H,18,20). The summed E-state index contributed by atoms with van der Waals surface area (Å²) in [7, 11) is 1.65. The van der Waals surface area contributed by atoms with Crippen molar-refractivity contribution in [1.82, 2.24) is 9.78 Å². The van der Waals surface area contributed by atoms with Crippen LogP contribution in [0.3, 0.4) is 0 Å². The second kappa shape index (κ2) is 7.04. The maximum absolute atomic E-state index is 12.6. The summed E-state index contributed by atoms with van der Waals surface area (Å²) in [5.41, 5.74) is 6.22. The molecule has 118 valence electrons. The Morgan fingerprint density at radius 2 is 2.29 bits per heavy atom. The molecule has 1 saturated carbocycles. The minimum Gasteiger partial charge on any atom is -0.383 e. The van der Waals surface area contributed by atoms with E-state index in [4.69, 9.17) is 10.5 Å². The Kier molecular flexibility index (Phi) is 5.36. The van der Waals surface area contributed by atoms with E-state index in [0.717, 1.165) is 31.4 Å². The van der Waals surface area contributed by atoms with Gasteiger partial charge in [-0.1, -0.05) is 6.92 Å². The van der Waals surface area contributed by atoms with Gasteiger partial charge in [0.1, 0.15) is 0 Å². The van der Waals surface area contributed by atoms with Crippen molar-refractivity contribution in [3.05, 3.63) is 12.4 Å². The molecule has 6 heteroatoms. The molecule has 0 radical (unpaired) electrons. The summed E-state index contributed by atoms with van der Waals surface area (Å²) in [6, 6.07) is 0. The monoisotopic (exact) mass is 294 g/mol. The van der Waals surface area contributed by atoms with Gasteiger partial charge >= 0.3 is 0 Å². The summed E-state index contributed by atoms with van der Waals surface area (Å²) < 4.78 is 6.77. The van der Waals surface area contributed by atoms with Gasteiger partial charge in [-0.2, -0.15) is 5.10 Å². The largest absolute Gasteiger partial charge is 0.383 e. The van der Waals surface area contributed by atoms with E-state index in [1.165, 1.54) is 0 Å². The number of anilines is 1. The average Bonchev–Trinajstić information content (AvgIpc) is 2.93. The van der Waals surface area contributed by atoms with Crippen molar-refractivity contribution in [2.24, 2.45) is 17.1 Å². The van der Waals surface area contributed by atoms with Crippen LogP contribution in [0.2, 0.25) is 0 Å². The number of nitrogens with one attached hydrogen (secondary N) is 1. The van der Waals surface area contributed by atoms with E-state index in [-0.39, 0.29) is 5.91 Å². The zero-order chi connectivity index (χ0) is 15.3. The highest BCUT2D eigenvalue weighted by molar-refractivity contribution is 5.95. The van der Waals surface area contributed by atoms with E-state index in [9.17, 15) is 4.79 Å². The lowest BCUT2D eigenvalue weighted by atomic mass is 9.70. The van der Waals surface area contributed by atoms with Crippen molar-refractivity contribution in [3.8, 4) is 0 Å². The van der Waals surface area contributed by atoms with Crippen LogP contribution >= 0.6 is 0 Å². The third-order valence-corrected chi connectivity index (χ3v) is 4.52. The van der Waals surface area contributed by atoms with Crippen LogP contribution in [0.4, 0.5) is 5.69 Å². The molecule has 0 spiro atoms. The van der Waals surface area contributed by atoms with Crippen molar-refractivity contribution in [1.29, 1.82) is 0 Å². The lowest BCUT2D eigenvalue weighted by Crippen LogP contribution is -2.44. The van der Waals surface area contributed by atoms with E-state index >= 15 is 0 Å². The molecule has 1 aromatic heterocycles. The number of carbonyl (C=O) groups is 1. The van der Waals surface area contributed by atoms with Gasteiger partial charge in [0.2, 0.25) is 5.91 Å². The summed E-state index contributed by atoms with van der Waals surface area (Å²) in [5.74, 6) is 0.720. The summed E-state index contributed by atoms with van der Waals surface area (Å²) in [6.45, 7) is 3.91. The Morgan fingerprint density at radius 1 is 1.57 bits per heavy atom. The minimum atomic E-state index is -0.416. The zero-order valence-electron chi connectivity index (χ0n) is 13.0. The first-order valence-corrected chi connectivity index (χ1v) is 7.62. The fourth-order valence-corrected chi connectivity index (χ4v) is 2.84. The number of nitrogens with two attached hydrogens (primary N) is 1. The molecular formula is C15H26N4O2. The Hall–Kier alpha value is -1.40. The lowest BCUT2D eigenvalue weighted by Gasteiger charge is -2.36. The molecule has 6 nitrogen and oxygen atoms in total. The van der Waals surface area contributed by atoms with Gasteiger partial charge < -0.3 is 15.8 Å². The molecule has 0 saturated heterocycles. The molecule has 1 aromatic rings. The number of hydrogen-bond acceptors (Lipinski definition) is 4. The Bertz CT molecular complexity index is 464. The predicted octanol–water partition coefficient (Wildman–Crippen LogP) is 1.62. The van der Waals surface area contributed by atoms with Crippen LogP contribution in [-0.2, 0) is 16.1 Å². The van der Waals surface area contributed by atoms with E-state index < -0.39 is 5.41 Å². The molecule has 2 rings (SSSR count). The highest BCUT2D eigenvalue weighted by Gasteiger charge is 2.39. The minimum absolute atomic E-state index is 0.0307. The molecule has 3 N–H and O–H groups in total. The maximum Gasteiger partial charge on any atom is 0.231 e. The molecule has 1 fully saturated rings. The number of carbonyl (C=O) groups excluding carboxylic acids is 1. The molecule has 1 heterocycles. The van der Waals surface area contributed by atoms with Crippen LogP contribution in [0.5, 0.6) is 0 Å². The first-order chi connectivity index (χ1) is 10.1.